The molecule has 1 N–H and O–H groups in total. The number of carbonyl (C=O) groups is 1. The van der Waals surface area contributed by atoms with Crippen molar-refractivity contribution in [3.63, 3.8) is 0 Å². The molecule has 24 heavy (non-hydrogen) atoms. The van der Waals surface area contributed by atoms with E-state index in [1.54, 1.807) is 20.1 Å². The number of hydrogen-bond acceptors (Lipinski definition) is 4. The normalized spacial score (nSPS) is 10.6. The number of pyridine rings is 1. The van der Waals surface area contributed by atoms with Crippen LogP contribution >= 0.6 is 0 Å². The SMILES string of the molecule is COc1ccc2nc(C)c(C(=O)NOCc3ccccc3)cc2c1. The summed E-state index contributed by atoms with van der Waals surface area (Å²) in [6.07, 6.45) is 0. The molecule has 0 radical (unpaired) electrons. The minimum atomic E-state index is -0.319. The van der Waals surface area contributed by atoms with Crippen molar-refractivity contribution in [2.75, 3.05) is 7.11 Å². The molecule has 0 spiro atoms. The van der Waals surface area contributed by atoms with Crippen LogP contribution < -0.4 is 10.2 Å². The van der Waals surface area contributed by atoms with Crippen LogP contribution in [0.15, 0.2) is 54.6 Å². The molecule has 0 aliphatic carbocycles. The second-order valence-corrected chi connectivity index (χ2v) is 5.39. The van der Waals surface area contributed by atoms with E-state index in [1.165, 1.54) is 0 Å². The molecule has 5 nitrogen and oxygen atoms in total. The maximum Gasteiger partial charge on any atom is 0.276 e. The lowest BCUT2D eigenvalue weighted by atomic mass is 10.1. The fourth-order valence-electron chi connectivity index (χ4n) is 2.42. The van der Waals surface area contributed by atoms with Crippen molar-refractivity contribution in [3.05, 3.63) is 71.4 Å². The summed E-state index contributed by atoms with van der Waals surface area (Å²) in [6.45, 7) is 2.11. The standard InChI is InChI=1S/C19H18N2O3/c1-13-17(11-15-10-16(23-2)8-9-18(15)20-13)19(22)21-24-12-14-6-4-3-5-7-14/h3-11H,12H2,1-2H3,(H,21,22). The average molecular weight is 322 g/mol. The number of benzene rings is 2. The van der Waals surface area contributed by atoms with Crippen molar-refractivity contribution in [2.45, 2.75) is 13.5 Å². The van der Waals surface area contributed by atoms with Crippen molar-refractivity contribution >= 4 is 16.8 Å². The Hall–Kier alpha value is -2.92. The fourth-order valence-corrected chi connectivity index (χ4v) is 2.42. The van der Waals surface area contributed by atoms with Crippen molar-refractivity contribution in [2.24, 2.45) is 0 Å². The third kappa shape index (κ3) is 3.52. The molecule has 0 fully saturated rings. The van der Waals surface area contributed by atoms with Crippen molar-refractivity contribution in [3.8, 4) is 5.75 Å². The Morgan fingerprint density at radius 1 is 1.12 bits per heavy atom. The summed E-state index contributed by atoms with van der Waals surface area (Å²) in [6, 6.07) is 17.0. The van der Waals surface area contributed by atoms with Crippen LogP contribution in [0.1, 0.15) is 21.6 Å². The molecular formula is C19H18N2O3. The minimum absolute atomic E-state index is 0.306. The predicted molar refractivity (Wildman–Crippen MR) is 91.7 cm³/mol. The predicted octanol–water partition coefficient (Wildman–Crippen LogP) is 3.41. The highest BCUT2D eigenvalue weighted by atomic mass is 16.6. The molecule has 0 saturated carbocycles. The molecule has 0 unspecified atom stereocenters. The van der Waals surface area contributed by atoms with Gasteiger partial charge in [0.1, 0.15) is 5.75 Å². The molecule has 0 aliphatic heterocycles. The molecule has 5 heteroatoms. The first-order valence-corrected chi connectivity index (χ1v) is 7.59. The molecule has 122 valence electrons. The summed E-state index contributed by atoms with van der Waals surface area (Å²) in [7, 11) is 1.60. The van der Waals surface area contributed by atoms with Gasteiger partial charge in [0.25, 0.3) is 5.91 Å². The van der Waals surface area contributed by atoms with Crippen LogP contribution in [-0.2, 0) is 11.4 Å². The van der Waals surface area contributed by atoms with Gasteiger partial charge >= 0.3 is 0 Å². The summed E-state index contributed by atoms with van der Waals surface area (Å²) in [5.74, 6) is 0.403. The van der Waals surface area contributed by atoms with Gasteiger partial charge in [-0.1, -0.05) is 30.3 Å². The van der Waals surface area contributed by atoms with Gasteiger partial charge in [-0.2, -0.15) is 0 Å². The number of hydrogen-bond donors (Lipinski definition) is 1. The van der Waals surface area contributed by atoms with Crippen molar-refractivity contribution in [1.82, 2.24) is 10.5 Å². The molecular weight excluding hydrogens is 304 g/mol. The summed E-state index contributed by atoms with van der Waals surface area (Å²) in [5.41, 5.74) is 5.39. The number of methoxy groups -OCH3 is 1. The fraction of sp³-hybridized carbons (Fsp3) is 0.158. The van der Waals surface area contributed by atoms with Gasteiger partial charge in [-0.05, 0) is 36.8 Å². The minimum Gasteiger partial charge on any atom is -0.497 e. The molecule has 2 aromatic carbocycles. The Bertz CT molecular complexity index is 863. The molecule has 0 aliphatic rings. The van der Waals surface area contributed by atoms with E-state index in [1.807, 2.05) is 48.5 Å². The molecule has 1 heterocycles. The molecule has 1 aromatic heterocycles. The number of amides is 1. The third-order valence-corrected chi connectivity index (χ3v) is 3.70. The Kier molecular flexibility index (Phi) is 4.72. The third-order valence-electron chi connectivity index (χ3n) is 3.70. The first-order chi connectivity index (χ1) is 11.7. The number of ether oxygens (including phenoxy) is 1. The van der Waals surface area contributed by atoms with E-state index in [9.17, 15) is 4.79 Å². The van der Waals surface area contributed by atoms with E-state index in [0.29, 0.717) is 17.9 Å². The van der Waals surface area contributed by atoms with Crippen LogP contribution in [0.2, 0.25) is 0 Å². The largest absolute Gasteiger partial charge is 0.497 e. The number of rotatable bonds is 5. The summed E-state index contributed by atoms with van der Waals surface area (Å²) in [5, 5.41) is 0.841. The van der Waals surface area contributed by atoms with E-state index >= 15 is 0 Å². The van der Waals surface area contributed by atoms with Crippen LogP contribution in [0.3, 0.4) is 0 Å². The lowest BCUT2D eigenvalue weighted by Crippen LogP contribution is -2.24. The van der Waals surface area contributed by atoms with E-state index < -0.39 is 0 Å². The van der Waals surface area contributed by atoms with Gasteiger partial charge in [0.15, 0.2) is 0 Å². The van der Waals surface area contributed by atoms with E-state index in [-0.39, 0.29) is 5.91 Å². The van der Waals surface area contributed by atoms with Gasteiger partial charge in [0.2, 0.25) is 0 Å². The van der Waals surface area contributed by atoms with Gasteiger partial charge in [0.05, 0.1) is 30.5 Å². The zero-order chi connectivity index (χ0) is 16.9. The number of hydroxylamine groups is 1. The lowest BCUT2D eigenvalue weighted by molar-refractivity contribution is 0.0233. The number of nitrogens with zero attached hydrogens (tertiary/aromatic N) is 1. The van der Waals surface area contributed by atoms with E-state index in [0.717, 1.165) is 22.2 Å². The Labute approximate surface area is 140 Å². The first kappa shape index (κ1) is 16.0. The molecule has 0 atom stereocenters. The molecule has 1 amide bonds. The van der Waals surface area contributed by atoms with Gasteiger partial charge in [0, 0.05) is 5.39 Å². The van der Waals surface area contributed by atoms with Gasteiger partial charge in [-0.25, -0.2) is 5.48 Å². The summed E-state index contributed by atoms with van der Waals surface area (Å²) >= 11 is 0. The molecule has 0 saturated heterocycles. The van der Waals surface area contributed by atoms with Crippen LogP contribution in [0.25, 0.3) is 10.9 Å². The summed E-state index contributed by atoms with van der Waals surface area (Å²) in [4.78, 5) is 22.1. The Morgan fingerprint density at radius 2 is 1.92 bits per heavy atom. The maximum absolute atomic E-state index is 12.3. The number of carbonyl (C=O) groups excluding carboxylic acids is 1. The van der Waals surface area contributed by atoms with Crippen LogP contribution in [0, 0.1) is 6.92 Å². The average Bonchev–Trinajstić information content (AvgIpc) is 2.61. The summed E-state index contributed by atoms with van der Waals surface area (Å²) < 4.78 is 5.21. The monoisotopic (exact) mass is 322 g/mol. The zero-order valence-electron chi connectivity index (χ0n) is 13.6. The number of fused-ring (bicyclic) bond motifs is 1. The van der Waals surface area contributed by atoms with E-state index in [2.05, 4.69) is 10.5 Å². The van der Waals surface area contributed by atoms with Crippen molar-refractivity contribution < 1.29 is 14.4 Å². The smallest absolute Gasteiger partial charge is 0.276 e. The van der Waals surface area contributed by atoms with Crippen LogP contribution in [0.4, 0.5) is 0 Å². The number of aryl methyl sites for hydroxylation is 1. The molecule has 3 rings (SSSR count). The number of aromatic nitrogens is 1. The van der Waals surface area contributed by atoms with Crippen LogP contribution in [0.5, 0.6) is 5.75 Å². The Balaban J connectivity index is 1.75. The Morgan fingerprint density at radius 3 is 2.67 bits per heavy atom. The van der Waals surface area contributed by atoms with Gasteiger partial charge < -0.3 is 4.74 Å². The quantitative estimate of drug-likeness (QED) is 0.731. The molecule has 0 bridgehead atoms. The highest BCUT2D eigenvalue weighted by molar-refractivity contribution is 5.98. The second kappa shape index (κ2) is 7.10. The van der Waals surface area contributed by atoms with Crippen molar-refractivity contribution in [1.29, 1.82) is 0 Å². The van der Waals surface area contributed by atoms with E-state index in [4.69, 9.17) is 9.57 Å². The van der Waals surface area contributed by atoms with Gasteiger partial charge in [-0.15, -0.1) is 0 Å². The number of nitrogens with one attached hydrogen (secondary N) is 1. The topological polar surface area (TPSA) is 60.5 Å². The zero-order valence-corrected chi connectivity index (χ0v) is 13.6. The molecule has 3 aromatic rings. The van der Waals surface area contributed by atoms with Crippen LogP contribution in [-0.4, -0.2) is 18.0 Å². The highest BCUT2D eigenvalue weighted by Gasteiger charge is 2.12. The first-order valence-electron chi connectivity index (χ1n) is 7.59. The highest BCUT2D eigenvalue weighted by Crippen LogP contribution is 2.21. The maximum atomic E-state index is 12.3. The lowest BCUT2D eigenvalue weighted by Gasteiger charge is -2.10. The van der Waals surface area contributed by atoms with Gasteiger partial charge in [-0.3, -0.25) is 14.6 Å². The second-order valence-electron chi connectivity index (χ2n) is 5.39.